The molecule has 0 unspecified atom stereocenters. The predicted molar refractivity (Wildman–Crippen MR) is 133 cm³/mol. The molecule has 186 valence electrons. The van der Waals surface area contributed by atoms with Crippen LogP contribution in [0.25, 0.3) is 0 Å². The van der Waals surface area contributed by atoms with Gasteiger partial charge in [-0.05, 0) is 74.0 Å². The fourth-order valence-corrected chi connectivity index (χ4v) is 3.44. The molecule has 0 radical (unpaired) electrons. The summed E-state index contributed by atoms with van der Waals surface area (Å²) < 4.78 is 10.4. The summed E-state index contributed by atoms with van der Waals surface area (Å²) in [6.45, 7) is 3.61. The Morgan fingerprint density at radius 3 is 1.67 bits per heavy atom. The summed E-state index contributed by atoms with van der Waals surface area (Å²) in [5, 5.41) is 13.1. The van der Waals surface area contributed by atoms with E-state index in [9.17, 15) is 24.3 Å². The SMILES string of the molecule is Cc1ccc(NC(=O)[C@H](OC(=O)c2ccc(Cl)cc2)[C@H](OC(=O)c2ccc(Cl)cc2)C(=O)O)c(C)c1. The van der Waals surface area contributed by atoms with Gasteiger partial charge in [0.25, 0.3) is 5.91 Å². The number of hydrogen-bond donors (Lipinski definition) is 2. The molecule has 1 amide bonds. The quantitative estimate of drug-likeness (QED) is 0.390. The molecular formula is C26H21Cl2NO7. The maximum atomic E-state index is 13.2. The molecule has 0 aliphatic rings. The van der Waals surface area contributed by atoms with Gasteiger partial charge in [-0.25, -0.2) is 14.4 Å². The van der Waals surface area contributed by atoms with Crippen molar-refractivity contribution < 1.29 is 33.8 Å². The zero-order chi connectivity index (χ0) is 26.4. The van der Waals surface area contributed by atoms with Gasteiger partial charge < -0.3 is 19.9 Å². The second kappa shape index (κ2) is 11.7. The Bertz CT molecular complexity index is 1290. The molecule has 0 bridgehead atoms. The molecule has 8 nitrogen and oxygen atoms in total. The Hall–Kier alpha value is -3.88. The van der Waals surface area contributed by atoms with Crippen molar-refractivity contribution in [2.24, 2.45) is 0 Å². The summed E-state index contributed by atoms with van der Waals surface area (Å²) in [6.07, 6.45) is -4.18. The standard InChI is InChI=1S/C26H21Cl2NO7/c1-14-3-12-20(15(2)13-14)29-23(30)21(35-25(33)16-4-8-18(27)9-5-16)22(24(31)32)36-26(34)17-6-10-19(28)11-7-17/h3-13,21-22H,1-2H3,(H,29,30)(H,31,32)/t21-,22+/m1/s1. The molecule has 3 aromatic carbocycles. The number of benzene rings is 3. The maximum Gasteiger partial charge on any atom is 0.349 e. The largest absolute Gasteiger partial charge is 0.478 e. The lowest BCUT2D eigenvalue weighted by molar-refractivity contribution is -0.157. The van der Waals surface area contributed by atoms with Crippen molar-refractivity contribution in [3.05, 3.63) is 99.0 Å². The summed E-state index contributed by atoms with van der Waals surface area (Å²) in [6, 6.07) is 16.2. The summed E-state index contributed by atoms with van der Waals surface area (Å²) >= 11 is 11.7. The Morgan fingerprint density at radius 1 is 0.750 bits per heavy atom. The number of anilines is 1. The van der Waals surface area contributed by atoms with E-state index in [1.807, 2.05) is 6.92 Å². The minimum absolute atomic E-state index is 0.0109. The Kier molecular flexibility index (Phi) is 8.68. The van der Waals surface area contributed by atoms with E-state index in [0.717, 1.165) is 5.56 Å². The number of amides is 1. The number of carboxylic acids is 1. The second-order valence-corrected chi connectivity index (χ2v) is 8.68. The van der Waals surface area contributed by atoms with E-state index >= 15 is 0 Å². The van der Waals surface area contributed by atoms with Gasteiger partial charge in [0.05, 0.1) is 11.1 Å². The van der Waals surface area contributed by atoms with Gasteiger partial charge in [0.2, 0.25) is 12.2 Å². The van der Waals surface area contributed by atoms with Gasteiger partial charge in [0, 0.05) is 15.7 Å². The average molecular weight is 530 g/mol. The highest BCUT2D eigenvalue weighted by molar-refractivity contribution is 6.31. The first-order valence-electron chi connectivity index (χ1n) is 10.6. The first-order chi connectivity index (χ1) is 17.0. The lowest BCUT2D eigenvalue weighted by Gasteiger charge is -2.24. The van der Waals surface area contributed by atoms with E-state index in [1.165, 1.54) is 48.5 Å². The molecule has 0 spiro atoms. The smallest absolute Gasteiger partial charge is 0.349 e. The molecule has 0 heterocycles. The molecule has 0 aromatic heterocycles. The highest BCUT2D eigenvalue weighted by atomic mass is 35.5. The molecule has 0 saturated heterocycles. The number of carbonyl (C=O) groups excluding carboxylic acids is 3. The maximum absolute atomic E-state index is 13.2. The van der Waals surface area contributed by atoms with E-state index in [-0.39, 0.29) is 11.1 Å². The van der Waals surface area contributed by atoms with Crippen LogP contribution in [0.5, 0.6) is 0 Å². The Morgan fingerprint density at radius 2 is 1.22 bits per heavy atom. The number of carboxylic acid groups (broad SMARTS) is 1. The Labute approximate surface area is 216 Å². The highest BCUT2D eigenvalue weighted by Gasteiger charge is 2.41. The van der Waals surface area contributed by atoms with Crippen molar-refractivity contribution >= 4 is 52.7 Å². The number of aryl methyl sites for hydroxylation is 2. The van der Waals surface area contributed by atoms with Crippen LogP contribution in [-0.4, -0.2) is 41.1 Å². The highest BCUT2D eigenvalue weighted by Crippen LogP contribution is 2.20. The van der Waals surface area contributed by atoms with Crippen LogP contribution in [0.2, 0.25) is 10.0 Å². The molecule has 0 aliphatic carbocycles. The van der Waals surface area contributed by atoms with Gasteiger partial charge in [0.1, 0.15) is 0 Å². The van der Waals surface area contributed by atoms with E-state index in [4.69, 9.17) is 32.7 Å². The zero-order valence-corrected chi connectivity index (χ0v) is 20.7. The van der Waals surface area contributed by atoms with Crippen LogP contribution < -0.4 is 5.32 Å². The van der Waals surface area contributed by atoms with Crippen molar-refractivity contribution in [3.8, 4) is 0 Å². The van der Waals surface area contributed by atoms with Crippen molar-refractivity contribution in [2.75, 3.05) is 5.32 Å². The number of halogens is 2. The first-order valence-corrected chi connectivity index (χ1v) is 11.3. The third kappa shape index (κ3) is 6.84. The average Bonchev–Trinajstić information content (AvgIpc) is 2.83. The third-order valence-corrected chi connectivity index (χ3v) is 5.55. The van der Waals surface area contributed by atoms with Crippen LogP contribution in [0.15, 0.2) is 66.7 Å². The van der Waals surface area contributed by atoms with Crippen LogP contribution in [0, 0.1) is 13.8 Å². The Balaban J connectivity index is 1.92. The molecule has 0 aliphatic heterocycles. The number of esters is 2. The number of hydrogen-bond acceptors (Lipinski definition) is 6. The van der Waals surface area contributed by atoms with Crippen LogP contribution >= 0.6 is 23.2 Å². The summed E-state index contributed by atoms with van der Waals surface area (Å²) in [4.78, 5) is 50.7. The monoisotopic (exact) mass is 529 g/mol. The second-order valence-electron chi connectivity index (χ2n) is 7.81. The number of ether oxygens (including phenoxy) is 2. The topological polar surface area (TPSA) is 119 Å². The van der Waals surface area contributed by atoms with E-state index in [1.54, 1.807) is 25.1 Å². The molecule has 2 N–H and O–H groups in total. The van der Waals surface area contributed by atoms with Crippen LogP contribution in [0.3, 0.4) is 0 Å². The van der Waals surface area contributed by atoms with Gasteiger partial charge in [0.15, 0.2) is 0 Å². The fourth-order valence-electron chi connectivity index (χ4n) is 3.19. The lowest BCUT2D eigenvalue weighted by Crippen LogP contribution is -2.48. The molecule has 3 rings (SSSR count). The van der Waals surface area contributed by atoms with Gasteiger partial charge in [-0.1, -0.05) is 40.9 Å². The molecular weight excluding hydrogens is 509 g/mol. The van der Waals surface area contributed by atoms with Crippen LogP contribution in [0.4, 0.5) is 5.69 Å². The van der Waals surface area contributed by atoms with Crippen molar-refractivity contribution in [1.29, 1.82) is 0 Å². The zero-order valence-electron chi connectivity index (χ0n) is 19.2. The van der Waals surface area contributed by atoms with E-state index < -0.39 is 36.0 Å². The molecule has 0 fully saturated rings. The first kappa shape index (κ1) is 26.7. The molecule has 2 atom stereocenters. The predicted octanol–water partition coefficient (Wildman–Crippen LogP) is 5.08. The summed E-state index contributed by atoms with van der Waals surface area (Å²) in [7, 11) is 0. The van der Waals surface area contributed by atoms with Gasteiger partial charge in [-0.3, -0.25) is 4.79 Å². The molecule has 36 heavy (non-hydrogen) atoms. The lowest BCUT2D eigenvalue weighted by atomic mass is 10.1. The number of nitrogens with one attached hydrogen (secondary N) is 1. The van der Waals surface area contributed by atoms with Gasteiger partial charge in [-0.2, -0.15) is 0 Å². The number of carbonyl (C=O) groups is 4. The molecule has 3 aromatic rings. The molecule has 0 saturated carbocycles. The van der Waals surface area contributed by atoms with Crippen molar-refractivity contribution in [3.63, 3.8) is 0 Å². The van der Waals surface area contributed by atoms with Crippen molar-refractivity contribution in [1.82, 2.24) is 0 Å². The fraction of sp³-hybridized carbons (Fsp3) is 0.154. The molecule has 10 heteroatoms. The van der Waals surface area contributed by atoms with Crippen LogP contribution in [-0.2, 0) is 19.1 Å². The number of rotatable bonds is 8. The third-order valence-electron chi connectivity index (χ3n) is 5.04. The minimum atomic E-state index is -2.16. The van der Waals surface area contributed by atoms with Crippen LogP contribution in [0.1, 0.15) is 31.8 Å². The minimum Gasteiger partial charge on any atom is -0.478 e. The van der Waals surface area contributed by atoms with Gasteiger partial charge >= 0.3 is 17.9 Å². The summed E-state index contributed by atoms with van der Waals surface area (Å²) in [5.41, 5.74) is 2.00. The number of aliphatic carboxylic acids is 1. The van der Waals surface area contributed by atoms with E-state index in [0.29, 0.717) is 21.3 Å². The summed E-state index contributed by atoms with van der Waals surface area (Å²) in [5.74, 6) is -4.75. The van der Waals surface area contributed by atoms with Gasteiger partial charge in [-0.15, -0.1) is 0 Å². The van der Waals surface area contributed by atoms with Crippen molar-refractivity contribution in [2.45, 2.75) is 26.1 Å². The van der Waals surface area contributed by atoms with E-state index in [2.05, 4.69) is 5.32 Å². The normalized spacial score (nSPS) is 12.2.